The van der Waals surface area contributed by atoms with Gasteiger partial charge in [0.25, 0.3) is 5.56 Å². The van der Waals surface area contributed by atoms with Crippen LogP contribution in [0.4, 0.5) is 5.88 Å². The summed E-state index contributed by atoms with van der Waals surface area (Å²) in [5.41, 5.74) is 1.38. The first-order chi connectivity index (χ1) is 16.6. The number of rotatable bonds is 3. The van der Waals surface area contributed by atoms with Crippen LogP contribution in [0.15, 0.2) is 72.8 Å². The number of hydrogen-bond acceptors (Lipinski definition) is 8. The molecule has 5 aromatic rings. The SMILES string of the molecule is O=c1[nH]c(=O)n(-c2cc(-c3csc4c(=O)cc(N5CCNCC5)oc34)ccn2)c2ccccc12. The zero-order chi connectivity index (χ0) is 23.2. The van der Waals surface area contributed by atoms with Crippen molar-refractivity contribution >= 4 is 38.4 Å². The number of para-hydroxylation sites is 1. The van der Waals surface area contributed by atoms with Crippen LogP contribution >= 0.6 is 11.3 Å². The van der Waals surface area contributed by atoms with E-state index in [1.54, 1.807) is 48.7 Å². The maximum atomic E-state index is 12.8. The molecule has 1 aliphatic heterocycles. The molecule has 1 aromatic carbocycles. The first kappa shape index (κ1) is 20.6. The van der Waals surface area contributed by atoms with E-state index in [1.165, 1.54) is 15.9 Å². The zero-order valence-electron chi connectivity index (χ0n) is 17.9. The van der Waals surface area contributed by atoms with Crippen molar-refractivity contribution in [2.75, 3.05) is 31.1 Å². The van der Waals surface area contributed by atoms with E-state index in [0.717, 1.165) is 37.3 Å². The van der Waals surface area contributed by atoms with Crippen molar-refractivity contribution in [1.82, 2.24) is 19.9 Å². The van der Waals surface area contributed by atoms with Crippen LogP contribution in [0.3, 0.4) is 0 Å². The molecule has 1 fully saturated rings. The second-order valence-corrected chi connectivity index (χ2v) is 8.89. The third-order valence-corrected chi connectivity index (χ3v) is 6.93. The predicted octanol–water partition coefficient (Wildman–Crippen LogP) is 2.32. The number of benzene rings is 1. The Labute approximate surface area is 195 Å². The van der Waals surface area contributed by atoms with Crippen molar-refractivity contribution in [1.29, 1.82) is 0 Å². The molecule has 2 N–H and O–H groups in total. The largest absolute Gasteiger partial charge is 0.439 e. The summed E-state index contributed by atoms with van der Waals surface area (Å²) in [5, 5.41) is 5.56. The van der Waals surface area contributed by atoms with Crippen molar-refractivity contribution in [3.63, 3.8) is 0 Å². The van der Waals surface area contributed by atoms with E-state index in [4.69, 9.17) is 4.42 Å². The molecule has 9 nitrogen and oxygen atoms in total. The highest BCUT2D eigenvalue weighted by molar-refractivity contribution is 7.17. The topological polar surface area (TPSA) is 113 Å². The van der Waals surface area contributed by atoms with E-state index in [1.807, 2.05) is 5.38 Å². The minimum atomic E-state index is -0.573. The lowest BCUT2D eigenvalue weighted by molar-refractivity contribution is 0.522. The number of hydrogen-bond donors (Lipinski definition) is 2. The van der Waals surface area contributed by atoms with Crippen molar-refractivity contribution < 1.29 is 4.42 Å². The molecule has 0 saturated carbocycles. The van der Waals surface area contributed by atoms with Gasteiger partial charge in [-0.15, -0.1) is 11.3 Å². The molecule has 170 valence electrons. The minimum absolute atomic E-state index is 0.0804. The molecule has 0 radical (unpaired) electrons. The number of nitrogens with zero attached hydrogens (tertiary/aromatic N) is 3. The maximum Gasteiger partial charge on any atom is 0.334 e. The molecule has 34 heavy (non-hydrogen) atoms. The Morgan fingerprint density at radius 2 is 1.85 bits per heavy atom. The number of fused-ring (bicyclic) bond motifs is 2. The monoisotopic (exact) mass is 473 g/mol. The fraction of sp³-hybridized carbons (Fsp3) is 0.167. The van der Waals surface area contributed by atoms with Crippen LogP contribution in [-0.2, 0) is 0 Å². The Balaban J connectivity index is 1.52. The van der Waals surface area contributed by atoms with Gasteiger partial charge in [0.2, 0.25) is 5.43 Å². The Morgan fingerprint density at radius 3 is 2.71 bits per heavy atom. The number of anilines is 1. The third-order valence-electron chi connectivity index (χ3n) is 5.96. The van der Waals surface area contributed by atoms with E-state index in [2.05, 4.69) is 20.2 Å². The summed E-state index contributed by atoms with van der Waals surface area (Å²) >= 11 is 1.33. The van der Waals surface area contributed by atoms with Gasteiger partial charge in [-0.2, -0.15) is 0 Å². The lowest BCUT2D eigenvalue weighted by atomic mass is 10.1. The number of H-pyrrole nitrogens is 1. The van der Waals surface area contributed by atoms with Crippen LogP contribution in [0.25, 0.3) is 38.1 Å². The molecule has 5 heterocycles. The van der Waals surface area contributed by atoms with Gasteiger partial charge in [0.15, 0.2) is 11.5 Å². The number of pyridine rings is 1. The van der Waals surface area contributed by atoms with Gasteiger partial charge in [-0.25, -0.2) is 14.3 Å². The number of aromatic amines is 1. The van der Waals surface area contributed by atoms with E-state index in [-0.39, 0.29) is 5.43 Å². The summed E-state index contributed by atoms with van der Waals surface area (Å²) < 4.78 is 8.15. The number of thiophene rings is 1. The molecular formula is C24H19N5O4S. The van der Waals surface area contributed by atoms with Crippen molar-refractivity contribution in [2.24, 2.45) is 0 Å². The van der Waals surface area contributed by atoms with E-state index < -0.39 is 11.2 Å². The molecule has 0 spiro atoms. The summed E-state index contributed by atoms with van der Waals surface area (Å²) in [6, 6.07) is 12.0. The Bertz CT molecular complexity index is 1730. The Morgan fingerprint density at radius 1 is 1.03 bits per heavy atom. The van der Waals surface area contributed by atoms with Gasteiger partial charge in [0.05, 0.1) is 10.9 Å². The third kappa shape index (κ3) is 3.35. The standard InChI is InChI=1S/C24H19N5O4S/c30-18-12-20(28-9-7-25-8-10-28)33-21-16(13-34-22(18)21)14-5-6-26-19(11-14)29-17-4-2-1-3-15(17)23(31)27-24(29)32/h1-6,11-13,25H,7-10H2,(H,27,31,32). The number of piperazine rings is 1. The molecule has 0 unspecified atom stereocenters. The van der Waals surface area contributed by atoms with Gasteiger partial charge >= 0.3 is 5.69 Å². The van der Waals surface area contributed by atoms with E-state index in [9.17, 15) is 14.4 Å². The van der Waals surface area contributed by atoms with Crippen LogP contribution < -0.4 is 26.9 Å². The molecule has 4 aromatic heterocycles. The summed E-state index contributed by atoms with van der Waals surface area (Å²) in [6.07, 6.45) is 1.60. The summed E-state index contributed by atoms with van der Waals surface area (Å²) in [5.74, 6) is 0.908. The van der Waals surface area contributed by atoms with Gasteiger partial charge in [0.1, 0.15) is 10.5 Å². The molecular weight excluding hydrogens is 454 g/mol. The Kier molecular flexibility index (Phi) is 4.89. The van der Waals surface area contributed by atoms with Gasteiger partial charge in [0, 0.05) is 49.4 Å². The van der Waals surface area contributed by atoms with Crippen LogP contribution in [0, 0.1) is 0 Å². The summed E-state index contributed by atoms with van der Waals surface area (Å²) in [7, 11) is 0. The second kappa shape index (κ2) is 8.08. The normalized spacial score (nSPS) is 14.2. The van der Waals surface area contributed by atoms with Gasteiger partial charge in [-0.05, 0) is 29.8 Å². The van der Waals surface area contributed by atoms with Gasteiger partial charge in [-0.1, -0.05) is 12.1 Å². The lowest BCUT2D eigenvalue weighted by Gasteiger charge is -2.27. The second-order valence-electron chi connectivity index (χ2n) is 8.01. The van der Waals surface area contributed by atoms with E-state index >= 15 is 0 Å². The smallest absolute Gasteiger partial charge is 0.334 e. The molecule has 1 aliphatic rings. The van der Waals surface area contributed by atoms with Crippen LogP contribution in [0.5, 0.6) is 0 Å². The highest BCUT2D eigenvalue weighted by atomic mass is 32.1. The predicted molar refractivity (Wildman–Crippen MR) is 132 cm³/mol. The first-order valence-electron chi connectivity index (χ1n) is 10.8. The summed E-state index contributed by atoms with van der Waals surface area (Å²) in [6.45, 7) is 3.17. The van der Waals surface area contributed by atoms with Crippen molar-refractivity contribution in [3.8, 4) is 16.9 Å². The van der Waals surface area contributed by atoms with Crippen molar-refractivity contribution in [3.05, 3.63) is 85.1 Å². The van der Waals surface area contributed by atoms with Crippen LogP contribution in [0.2, 0.25) is 0 Å². The fourth-order valence-corrected chi connectivity index (χ4v) is 5.21. The highest BCUT2D eigenvalue weighted by Crippen LogP contribution is 2.35. The molecule has 1 saturated heterocycles. The first-order valence-corrected chi connectivity index (χ1v) is 11.7. The molecule has 0 bridgehead atoms. The van der Waals surface area contributed by atoms with Crippen LogP contribution in [-0.4, -0.2) is 40.7 Å². The molecule has 0 atom stereocenters. The molecule has 0 aliphatic carbocycles. The molecule has 0 amide bonds. The Hall–Kier alpha value is -4.02. The van der Waals surface area contributed by atoms with Gasteiger partial charge < -0.3 is 14.6 Å². The number of aromatic nitrogens is 3. The quantitative estimate of drug-likeness (QED) is 0.413. The average molecular weight is 474 g/mol. The molecule has 6 rings (SSSR count). The summed E-state index contributed by atoms with van der Waals surface area (Å²) in [4.78, 5) is 46.6. The highest BCUT2D eigenvalue weighted by Gasteiger charge is 2.19. The average Bonchev–Trinajstić information content (AvgIpc) is 3.30. The van der Waals surface area contributed by atoms with Crippen LogP contribution in [0.1, 0.15) is 0 Å². The minimum Gasteiger partial charge on any atom is -0.439 e. The van der Waals surface area contributed by atoms with E-state index in [0.29, 0.717) is 32.9 Å². The fourth-order valence-electron chi connectivity index (χ4n) is 4.30. The molecule has 10 heteroatoms. The lowest BCUT2D eigenvalue weighted by Crippen LogP contribution is -2.43. The van der Waals surface area contributed by atoms with Gasteiger partial charge in [-0.3, -0.25) is 14.6 Å². The number of nitrogens with one attached hydrogen (secondary N) is 2. The van der Waals surface area contributed by atoms with Crippen molar-refractivity contribution in [2.45, 2.75) is 0 Å². The maximum absolute atomic E-state index is 12.8. The zero-order valence-corrected chi connectivity index (χ0v) is 18.7.